The van der Waals surface area contributed by atoms with Gasteiger partial charge in [0.2, 0.25) is 5.91 Å². The second-order valence-electron chi connectivity index (χ2n) is 12.2. The Bertz CT molecular complexity index is 1880. The van der Waals surface area contributed by atoms with E-state index in [-0.39, 0.29) is 30.0 Å². The van der Waals surface area contributed by atoms with Gasteiger partial charge >= 0.3 is 0 Å². The number of aryl methyl sites for hydroxylation is 1. The molecule has 3 amide bonds. The summed E-state index contributed by atoms with van der Waals surface area (Å²) in [5.41, 5.74) is 4.32. The van der Waals surface area contributed by atoms with Gasteiger partial charge in [-0.25, -0.2) is 0 Å². The molecule has 5 rings (SSSR count). The quantitative estimate of drug-likeness (QED) is 0.131. The molecule has 0 aromatic heterocycles. The molecule has 0 radical (unpaired) electrons. The number of anilines is 2. The topological polar surface area (TPSA) is 117 Å². The van der Waals surface area contributed by atoms with E-state index in [0.717, 1.165) is 17.7 Å². The molecule has 10 nitrogen and oxygen atoms in total. The smallest absolute Gasteiger partial charge is 0.252 e. The van der Waals surface area contributed by atoms with Crippen molar-refractivity contribution in [2.24, 2.45) is 0 Å². The van der Waals surface area contributed by atoms with Crippen molar-refractivity contribution in [3.05, 3.63) is 156 Å². The molecule has 0 aliphatic carbocycles. The zero-order valence-electron chi connectivity index (χ0n) is 31.8. The van der Waals surface area contributed by atoms with Crippen LogP contribution in [0.3, 0.4) is 0 Å². The van der Waals surface area contributed by atoms with Crippen molar-refractivity contribution < 1.29 is 28.7 Å². The number of ether oxygens (including phenoxy) is 2. The van der Waals surface area contributed by atoms with Gasteiger partial charge in [0.05, 0.1) is 31.9 Å². The molecule has 282 valence electrons. The number of carbonyl (C=O) groups excluding carboxylic acids is 4. The van der Waals surface area contributed by atoms with E-state index in [2.05, 4.69) is 46.7 Å². The predicted octanol–water partition coefficient (Wildman–Crippen LogP) is 6.64. The lowest BCUT2D eigenvalue weighted by Crippen LogP contribution is -2.49. The zero-order valence-corrected chi connectivity index (χ0v) is 31.8. The van der Waals surface area contributed by atoms with Gasteiger partial charge in [-0.1, -0.05) is 79.7 Å². The Morgan fingerprint density at radius 3 is 1.54 bits per heavy atom. The molecule has 0 aliphatic rings. The number of amides is 3. The van der Waals surface area contributed by atoms with Crippen LogP contribution in [-0.2, 0) is 22.4 Å². The molecule has 0 fully saturated rings. The van der Waals surface area contributed by atoms with E-state index in [0.29, 0.717) is 17.7 Å². The highest BCUT2D eigenvalue weighted by molar-refractivity contribution is 6.09. The normalized spacial score (nSPS) is 10.5. The molecule has 0 bridgehead atoms. The van der Waals surface area contributed by atoms with E-state index in [4.69, 9.17) is 9.47 Å². The number of hydrogen-bond donors (Lipinski definition) is 2. The van der Waals surface area contributed by atoms with Crippen LogP contribution in [-0.4, -0.2) is 72.0 Å². The highest BCUT2D eigenvalue weighted by Gasteiger charge is 2.27. The largest absolute Gasteiger partial charge is 0.497 e. The second kappa shape index (κ2) is 22.5. The summed E-state index contributed by atoms with van der Waals surface area (Å²) < 4.78 is 10.2. The third-order valence-corrected chi connectivity index (χ3v) is 8.28. The minimum atomic E-state index is -0.900. The van der Waals surface area contributed by atoms with E-state index in [1.54, 1.807) is 57.7 Å². The number of nitrogens with zero attached hydrogens (tertiary/aromatic N) is 2. The number of methoxy groups -OCH3 is 2. The molecule has 1 unspecified atom stereocenters. The monoisotopic (exact) mass is 730 g/mol. The Morgan fingerprint density at radius 2 is 1.09 bits per heavy atom. The molecule has 10 heteroatoms. The van der Waals surface area contributed by atoms with Crippen LogP contribution in [0.4, 0.5) is 11.4 Å². The molecule has 0 aliphatic heterocycles. The maximum absolute atomic E-state index is 13.5. The van der Waals surface area contributed by atoms with Gasteiger partial charge in [-0.05, 0) is 78.2 Å². The van der Waals surface area contributed by atoms with Crippen molar-refractivity contribution in [1.29, 1.82) is 0 Å². The first-order valence-corrected chi connectivity index (χ1v) is 17.5. The van der Waals surface area contributed by atoms with Gasteiger partial charge in [-0.15, -0.1) is 0 Å². The highest BCUT2D eigenvalue weighted by Crippen LogP contribution is 2.20. The van der Waals surface area contributed by atoms with Crippen LogP contribution >= 0.6 is 0 Å². The van der Waals surface area contributed by atoms with Crippen LogP contribution in [0.25, 0.3) is 0 Å². The first-order valence-electron chi connectivity index (χ1n) is 17.5. The summed E-state index contributed by atoms with van der Waals surface area (Å²) in [6.45, 7) is 1.99. The molecular weight excluding hydrogens is 681 g/mol. The van der Waals surface area contributed by atoms with Crippen LogP contribution < -0.4 is 29.9 Å². The minimum absolute atomic E-state index is 0.105. The molecule has 1 atom stereocenters. The summed E-state index contributed by atoms with van der Waals surface area (Å²) in [5, 5.41) is 5.24. The maximum Gasteiger partial charge on any atom is 0.252 e. The molecule has 0 saturated heterocycles. The van der Waals surface area contributed by atoms with Crippen molar-refractivity contribution in [2.45, 2.75) is 25.8 Å². The van der Waals surface area contributed by atoms with Gasteiger partial charge in [0.15, 0.2) is 0 Å². The Hall–Kier alpha value is -6.42. The molecule has 2 N–H and O–H groups in total. The lowest BCUT2D eigenvalue weighted by atomic mass is 10.0. The number of carbonyl (C=O) groups is 4. The van der Waals surface area contributed by atoms with Crippen molar-refractivity contribution in [2.75, 3.05) is 51.7 Å². The lowest BCUT2D eigenvalue weighted by molar-refractivity contribution is -0.120. The maximum atomic E-state index is 13.5. The van der Waals surface area contributed by atoms with Gasteiger partial charge in [0, 0.05) is 38.9 Å². The Kier molecular flexibility index (Phi) is 17.5. The van der Waals surface area contributed by atoms with Crippen LogP contribution in [0.2, 0.25) is 0 Å². The van der Waals surface area contributed by atoms with E-state index in [1.807, 2.05) is 74.8 Å². The van der Waals surface area contributed by atoms with E-state index in [1.165, 1.54) is 28.3 Å². The average molecular weight is 731 g/mol. The fraction of sp³-hybridized carbons (Fsp3) is 0.227. The summed E-state index contributed by atoms with van der Waals surface area (Å²) in [6.07, 6.45) is 1.95. The first-order chi connectivity index (χ1) is 26.1. The van der Waals surface area contributed by atoms with Crippen molar-refractivity contribution >= 4 is 35.4 Å². The van der Waals surface area contributed by atoms with Crippen molar-refractivity contribution in [1.82, 2.24) is 10.6 Å². The summed E-state index contributed by atoms with van der Waals surface area (Å²) >= 11 is 0. The zero-order chi connectivity index (χ0) is 39.3. The summed E-state index contributed by atoms with van der Waals surface area (Å²) in [5.74, 6) is 0.113. The van der Waals surface area contributed by atoms with Crippen LogP contribution in [0.1, 0.15) is 38.8 Å². The van der Waals surface area contributed by atoms with Crippen LogP contribution in [0, 0.1) is 0 Å². The van der Waals surface area contributed by atoms with E-state index in [9.17, 15) is 19.2 Å². The van der Waals surface area contributed by atoms with Crippen LogP contribution in [0.5, 0.6) is 11.5 Å². The predicted molar refractivity (Wildman–Crippen MR) is 216 cm³/mol. The molecule has 5 aromatic rings. The Morgan fingerprint density at radius 1 is 0.630 bits per heavy atom. The Balaban J connectivity index is 0.000000333. The molecule has 5 aromatic carbocycles. The van der Waals surface area contributed by atoms with Gasteiger partial charge in [-0.3, -0.25) is 14.4 Å². The number of likely N-dealkylation sites (N-methyl/N-ethyl adjacent to an activating group) is 1. The van der Waals surface area contributed by atoms with E-state index >= 15 is 0 Å². The molecule has 0 saturated carbocycles. The minimum Gasteiger partial charge on any atom is -0.497 e. The SMILES string of the molecule is CCc1ccccc1.COc1ccc(N(C)C(=O)C(Cc2ccccc2)NC(=O)c2ccccc2C(=O)NCC=O)cc1.COc1ccc(N(C)C)cc1. The van der Waals surface area contributed by atoms with Crippen molar-refractivity contribution in [3.8, 4) is 11.5 Å². The van der Waals surface area contributed by atoms with Crippen LogP contribution in [0.15, 0.2) is 133 Å². The molecule has 0 spiro atoms. The summed E-state index contributed by atoms with van der Waals surface area (Å²) in [4.78, 5) is 53.3. The van der Waals surface area contributed by atoms with Gasteiger partial charge < -0.3 is 34.7 Å². The van der Waals surface area contributed by atoms with Gasteiger partial charge in [0.1, 0.15) is 23.8 Å². The van der Waals surface area contributed by atoms with E-state index < -0.39 is 17.9 Å². The standard InChI is InChI=1S/C27H27N3O5.C9H13NO.C8H10/c1-30(20-12-14-21(35-2)15-13-20)27(34)24(18-19-8-4-3-5-9-19)29-26(33)23-11-7-6-10-22(23)25(32)28-16-17-31;1-10(2)8-4-6-9(11-3)7-5-8;1-2-8-6-4-3-5-7-8/h3-15,17,24H,16,18H2,1-2H3,(H,28,32)(H,29,33);4-7H,1-3H3;3-7H,2H2,1H3. The first kappa shape index (κ1) is 42.0. The number of aldehydes is 1. The third kappa shape index (κ3) is 13.3. The fourth-order valence-electron chi connectivity index (χ4n) is 5.16. The summed E-state index contributed by atoms with van der Waals surface area (Å²) in [7, 11) is 8.90. The average Bonchev–Trinajstić information content (AvgIpc) is 3.23. The highest BCUT2D eigenvalue weighted by atomic mass is 16.5. The van der Waals surface area contributed by atoms with Gasteiger partial charge in [-0.2, -0.15) is 0 Å². The number of hydrogen-bond acceptors (Lipinski definition) is 7. The van der Waals surface area contributed by atoms with Gasteiger partial charge in [0.25, 0.3) is 11.8 Å². The summed E-state index contributed by atoms with van der Waals surface area (Å²) in [6, 6.07) is 40.1. The number of benzene rings is 5. The molecule has 54 heavy (non-hydrogen) atoms. The number of rotatable bonds is 13. The number of nitrogens with one attached hydrogen (secondary N) is 2. The fourth-order valence-corrected chi connectivity index (χ4v) is 5.16. The Labute approximate surface area is 318 Å². The second-order valence-corrected chi connectivity index (χ2v) is 12.2. The van der Waals surface area contributed by atoms with Crippen molar-refractivity contribution in [3.63, 3.8) is 0 Å². The lowest BCUT2D eigenvalue weighted by Gasteiger charge is -2.25. The third-order valence-electron chi connectivity index (χ3n) is 8.28. The molecular formula is C44H50N4O6. The molecule has 0 heterocycles.